The molecule has 1 atom stereocenters. The predicted octanol–water partition coefficient (Wildman–Crippen LogP) is 3.26. The maximum Gasteiger partial charge on any atom is 0.280 e. The Morgan fingerprint density at radius 1 is 1.08 bits per heavy atom. The van der Waals surface area contributed by atoms with E-state index in [2.05, 4.69) is 4.72 Å². The standard InChI is InChI=1S/C19H24N2O3S/c1-24-18-12-10-17(11-13-18)19-9-5-6-14-21(19)25(22,23)20-15-16-7-3-2-4-8-16/h2-4,7-8,10-13,19-20H,5-6,9,14-15H2,1H3/t19-/m1/s1. The van der Waals surface area contributed by atoms with Gasteiger partial charge in [0.1, 0.15) is 5.75 Å². The minimum atomic E-state index is -3.54. The molecule has 0 saturated carbocycles. The first-order valence-electron chi connectivity index (χ1n) is 8.54. The fraction of sp³-hybridized carbons (Fsp3) is 0.368. The Balaban J connectivity index is 1.76. The average molecular weight is 360 g/mol. The van der Waals surface area contributed by atoms with E-state index in [0.717, 1.165) is 36.1 Å². The number of methoxy groups -OCH3 is 1. The number of benzene rings is 2. The molecule has 0 bridgehead atoms. The van der Waals surface area contributed by atoms with Crippen molar-refractivity contribution in [3.63, 3.8) is 0 Å². The third-order valence-electron chi connectivity index (χ3n) is 4.56. The normalized spacial score (nSPS) is 18.8. The molecule has 1 aliphatic rings. The minimum Gasteiger partial charge on any atom is -0.497 e. The monoisotopic (exact) mass is 360 g/mol. The topological polar surface area (TPSA) is 58.6 Å². The van der Waals surface area contributed by atoms with E-state index in [-0.39, 0.29) is 6.04 Å². The zero-order valence-corrected chi connectivity index (χ0v) is 15.2. The molecule has 1 heterocycles. The second-order valence-electron chi connectivity index (χ2n) is 6.21. The van der Waals surface area contributed by atoms with Gasteiger partial charge < -0.3 is 4.74 Å². The number of ether oxygens (including phenoxy) is 1. The van der Waals surface area contributed by atoms with Crippen molar-refractivity contribution in [1.29, 1.82) is 0 Å². The molecule has 1 N–H and O–H groups in total. The molecule has 1 saturated heterocycles. The number of hydrogen-bond donors (Lipinski definition) is 1. The molecule has 3 rings (SSSR count). The van der Waals surface area contributed by atoms with Crippen LogP contribution in [0.5, 0.6) is 5.75 Å². The summed E-state index contributed by atoms with van der Waals surface area (Å²) in [5, 5.41) is 0. The SMILES string of the molecule is COc1ccc([C@H]2CCCCN2S(=O)(=O)NCc2ccccc2)cc1. The van der Waals surface area contributed by atoms with Crippen molar-refractivity contribution < 1.29 is 13.2 Å². The van der Waals surface area contributed by atoms with Crippen LogP contribution in [0.1, 0.15) is 36.4 Å². The van der Waals surface area contributed by atoms with Crippen molar-refractivity contribution in [2.75, 3.05) is 13.7 Å². The van der Waals surface area contributed by atoms with Gasteiger partial charge in [0, 0.05) is 13.1 Å². The summed E-state index contributed by atoms with van der Waals surface area (Å²) >= 11 is 0. The molecule has 2 aromatic rings. The van der Waals surface area contributed by atoms with Crippen molar-refractivity contribution in [3.05, 3.63) is 65.7 Å². The van der Waals surface area contributed by atoms with Gasteiger partial charge in [0.05, 0.1) is 13.2 Å². The van der Waals surface area contributed by atoms with Crippen LogP contribution in [0.4, 0.5) is 0 Å². The zero-order valence-electron chi connectivity index (χ0n) is 14.4. The molecule has 0 aromatic heterocycles. The van der Waals surface area contributed by atoms with Gasteiger partial charge in [-0.1, -0.05) is 48.9 Å². The molecule has 25 heavy (non-hydrogen) atoms. The quantitative estimate of drug-likeness (QED) is 0.860. The number of hydrogen-bond acceptors (Lipinski definition) is 3. The first-order chi connectivity index (χ1) is 12.1. The van der Waals surface area contributed by atoms with Gasteiger partial charge in [0.15, 0.2) is 0 Å². The van der Waals surface area contributed by atoms with E-state index in [1.165, 1.54) is 0 Å². The second kappa shape index (κ2) is 7.99. The van der Waals surface area contributed by atoms with Gasteiger partial charge in [-0.05, 0) is 36.1 Å². The molecular formula is C19H24N2O3S. The van der Waals surface area contributed by atoms with Gasteiger partial charge >= 0.3 is 0 Å². The molecule has 0 unspecified atom stereocenters. The second-order valence-corrected chi connectivity index (χ2v) is 7.92. The molecule has 0 aliphatic carbocycles. The van der Waals surface area contributed by atoms with Crippen molar-refractivity contribution in [1.82, 2.24) is 9.03 Å². The summed E-state index contributed by atoms with van der Waals surface area (Å²) in [5.41, 5.74) is 1.95. The minimum absolute atomic E-state index is 0.132. The molecule has 2 aromatic carbocycles. The summed E-state index contributed by atoms with van der Waals surface area (Å²) in [7, 11) is -1.92. The zero-order chi connectivity index (χ0) is 17.7. The Bertz CT molecular complexity index is 776. The van der Waals surface area contributed by atoms with Crippen molar-refractivity contribution >= 4 is 10.2 Å². The number of nitrogens with zero attached hydrogens (tertiary/aromatic N) is 1. The van der Waals surface area contributed by atoms with E-state index in [4.69, 9.17) is 4.74 Å². The van der Waals surface area contributed by atoms with E-state index in [1.54, 1.807) is 11.4 Å². The summed E-state index contributed by atoms with van der Waals surface area (Å²) < 4.78 is 35.2. The number of nitrogens with one attached hydrogen (secondary N) is 1. The Kier molecular flexibility index (Phi) is 5.73. The molecule has 0 radical (unpaired) electrons. The molecule has 5 nitrogen and oxygen atoms in total. The van der Waals surface area contributed by atoms with Crippen molar-refractivity contribution in [2.24, 2.45) is 0 Å². The summed E-state index contributed by atoms with van der Waals surface area (Å²) in [5.74, 6) is 0.774. The lowest BCUT2D eigenvalue weighted by atomic mass is 9.97. The Labute approximate surface area is 149 Å². The molecule has 134 valence electrons. The van der Waals surface area contributed by atoms with Crippen LogP contribution in [0.25, 0.3) is 0 Å². The molecule has 0 spiro atoms. The largest absolute Gasteiger partial charge is 0.497 e. The number of rotatable bonds is 6. The van der Waals surface area contributed by atoms with E-state index in [0.29, 0.717) is 13.1 Å². The van der Waals surface area contributed by atoms with Crippen LogP contribution in [-0.2, 0) is 16.8 Å². The third-order valence-corrected chi connectivity index (χ3v) is 6.13. The van der Waals surface area contributed by atoms with Crippen molar-refractivity contribution in [2.45, 2.75) is 31.8 Å². The highest BCUT2D eigenvalue weighted by Crippen LogP contribution is 2.33. The van der Waals surface area contributed by atoms with E-state index >= 15 is 0 Å². The lowest BCUT2D eigenvalue weighted by molar-refractivity contribution is 0.252. The highest BCUT2D eigenvalue weighted by molar-refractivity contribution is 7.87. The smallest absolute Gasteiger partial charge is 0.280 e. The van der Waals surface area contributed by atoms with Gasteiger partial charge in [-0.3, -0.25) is 0 Å². The summed E-state index contributed by atoms with van der Waals surface area (Å²) in [6.07, 6.45) is 2.75. The maximum atomic E-state index is 12.9. The van der Waals surface area contributed by atoms with Gasteiger partial charge in [-0.15, -0.1) is 0 Å². The Hall–Kier alpha value is -1.89. The van der Waals surface area contributed by atoms with Gasteiger partial charge in [-0.2, -0.15) is 17.4 Å². The van der Waals surface area contributed by atoms with Crippen LogP contribution in [0.3, 0.4) is 0 Å². The molecular weight excluding hydrogens is 336 g/mol. The molecule has 1 aliphatic heterocycles. The lowest BCUT2D eigenvalue weighted by Gasteiger charge is -2.35. The van der Waals surface area contributed by atoms with Crippen LogP contribution in [0.2, 0.25) is 0 Å². The molecule has 1 fully saturated rings. The Morgan fingerprint density at radius 2 is 1.80 bits per heavy atom. The van der Waals surface area contributed by atoms with Gasteiger partial charge in [-0.25, -0.2) is 0 Å². The fourth-order valence-corrected chi connectivity index (χ4v) is 4.65. The van der Waals surface area contributed by atoms with Crippen LogP contribution in [-0.4, -0.2) is 26.4 Å². The van der Waals surface area contributed by atoms with E-state index < -0.39 is 10.2 Å². The lowest BCUT2D eigenvalue weighted by Crippen LogP contribution is -2.44. The number of piperidine rings is 1. The molecule has 0 amide bonds. The van der Waals surface area contributed by atoms with Crippen LogP contribution in [0, 0.1) is 0 Å². The maximum absolute atomic E-state index is 12.9. The van der Waals surface area contributed by atoms with Crippen molar-refractivity contribution in [3.8, 4) is 5.75 Å². The fourth-order valence-electron chi connectivity index (χ4n) is 3.21. The third kappa shape index (κ3) is 4.39. The first kappa shape index (κ1) is 17.9. The summed E-state index contributed by atoms with van der Waals surface area (Å²) in [6, 6.07) is 17.1. The Morgan fingerprint density at radius 3 is 2.48 bits per heavy atom. The van der Waals surface area contributed by atoms with Crippen LogP contribution in [0.15, 0.2) is 54.6 Å². The van der Waals surface area contributed by atoms with E-state index in [9.17, 15) is 8.42 Å². The first-order valence-corrected chi connectivity index (χ1v) is 9.98. The van der Waals surface area contributed by atoms with Crippen LogP contribution >= 0.6 is 0 Å². The summed E-state index contributed by atoms with van der Waals surface area (Å²) in [6.45, 7) is 0.843. The highest BCUT2D eigenvalue weighted by Gasteiger charge is 2.33. The summed E-state index contributed by atoms with van der Waals surface area (Å²) in [4.78, 5) is 0. The molecule has 6 heteroatoms. The average Bonchev–Trinajstić information content (AvgIpc) is 2.67. The highest BCUT2D eigenvalue weighted by atomic mass is 32.2. The predicted molar refractivity (Wildman–Crippen MR) is 98.5 cm³/mol. The van der Waals surface area contributed by atoms with Crippen LogP contribution < -0.4 is 9.46 Å². The van der Waals surface area contributed by atoms with Gasteiger partial charge in [0.2, 0.25) is 0 Å². The van der Waals surface area contributed by atoms with E-state index in [1.807, 2.05) is 54.6 Å². The van der Waals surface area contributed by atoms with Gasteiger partial charge in [0.25, 0.3) is 10.2 Å².